The molecule has 0 saturated carbocycles. The summed E-state index contributed by atoms with van der Waals surface area (Å²) >= 11 is 7.48. The van der Waals surface area contributed by atoms with Crippen molar-refractivity contribution in [3.63, 3.8) is 0 Å². The van der Waals surface area contributed by atoms with Gasteiger partial charge in [-0.3, -0.25) is 14.9 Å². The average Bonchev–Trinajstić information content (AvgIpc) is 3.17. The van der Waals surface area contributed by atoms with E-state index in [0.717, 1.165) is 10.4 Å². The molecule has 1 aromatic carbocycles. The van der Waals surface area contributed by atoms with E-state index in [4.69, 9.17) is 11.6 Å². The molecule has 1 saturated heterocycles. The van der Waals surface area contributed by atoms with Gasteiger partial charge in [-0.1, -0.05) is 38.4 Å². The second-order valence-corrected chi connectivity index (χ2v) is 11.0. The molecule has 3 rings (SSSR count). The summed E-state index contributed by atoms with van der Waals surface area (Å²) in [5, 5.41) is 18.9. The molecule has 1 fully saturated rings. The highest BCUT2D eigenvalue weighted by atomic mass is 35.5. The first kappa shape index (κ1) is 26.0. The standard InChI is InChI=1S/C24H31ClN4O4S/c1-14-16(25)7-6-8-17(14)27-22(33)28-19-15(13-18(34-19)23(2,3)4)20(31)29-11-10-26-21(32)24(29,5)9-12-30/h6-8,13,30H,9-12H2,1-5H3,(H,26,32)(H2,27,28,33). The van der Waals surface area contributed by atoms with Gasteiger partial charge >= 0.3 is 6.03 Å². The summed E-state index contributed by atoms with van der Waals surface area (Å²) < 4.78 is 0. The van der Waals surface area contributed by atoms with Gasteiger partial charge in [0.2, 0.25) is 5.91 Å². The van der Waals surface area contributed by atoms with Crippen molar-refractivity contribution in [3.05, 3.63) is 45.3 Å². The molecule has 10 heteroatoms. The number of carbonyl (C=O) groups is 3. The van der Waals surface area contributed by atoms with E-state index in [1.54, 1.807) is 38.1 Å². The molecule has 1 unspecified atom stereocenters. The number of aliphatic hydroxyl groups excluding tert-OH is 1. The van der Waals surface area contributed by atoms with Gasteiger partial charge < -0.3 is 20.6 Å². The Labute approximate surface area is 208 Å². The predicted octanol–water partition coefficient (Wildman–Crippen LogP) is 4.36. The second kappa shape index (κ2) is 9.93. The molecule has 4 amide bonds. The molecular formula is C24H31ClN4O4S. The normalized spacial score (nSPS) is 18.4. The van der Waals surface area contributed by atoms with Gasteiger partial charge in [-0.05, 0) is 43.0 Å². The monoisotopic (exact) mass is 506 g/mol. The van der Waals surface area contributed by atoms with Crippen LogP contribution >= 0.6 is 22.9 Å². The third-order valence-corrected chi connectivity index (χ3v) is 7.88. The van der Waals surface area contributed by atoms with E-state index in [9.17, 15) is 19.5 Å². The van der Waals surface area contributed by atoms with Crippen molar-refractivity contribution in [3.8, 4) is 0 Å². The quantitative estimate of drug-likeness (QED) is 0.482. The van der Waals surface area contributed by atoms with Crippen LogP contribution in [0.3, 0.4) is 0 Å². The Kier molecular flexibility index (Phi) is 7.59. The summed E-state index contributed by atoms with van der Waals surface area (Å²) in [6.45, 7) is 9.91. The van der Waals surface area contributed by atoms with Crippen LogP contribution in [0.15, 0.2) is 24.3 Å². The summed E-state index contributed by atoms with van der Waals surface area (Å²) in [6.07, 6.45) is 0.109. The number of hydrogen-bond acceptors (Lipinski definition) is 5. The second-order valence-electron chi connectivity index (χ2n) is 9.56. The Hall–Kier alpha value is -2.62. The van der Waals surface area contributed by atoms with Crippen LogP contribution in [0.5, 0.6) is 0 Å². The maximum atomic E-state index is 13.7. The number of nitrogens with zero attached hydrogens (tertiary/aromatic N) is 1. The number of anilines is 2. The molecule has 0 spiro atoms. The Morgan fingerprint density at radius 3 is 2.65 bits per heavy atom. The molecule has 1 aromatic heterocycles. The van der Waals surface area contributed by atoms with Crippen LogP contribution in [0, 0.1) is 6.92 Å². The van der Waals surface area contributed by atoms with E-state index in [-0.39, 0.29) is 30.3 Å². The Balaban J connectivity index is 1.95. The van der Waals surface area contributed by atoms with Crippen LogP contribution in [0.1, 0.15) is 54.9 Å². The van der Waals surface area contributed by atoms with E-state index in [1.807, 2.05) is 20.8 Å². The van der Waals surface area contributed by atoms with Crippen LogP contribution in [-0.4, -0.2) is 53.1 Å². The molecule has 1 aliphatic heterocycles. The zero-order valence-electron chi connectivity index (χ0n) is 20.0. The van der Waals surface area contributed by atoms with Crippen molar-refractivity contribution in [2.24, 2.45) is 0 Å². The molecule has 0 bridgehead atoms. The average molecular weight is 507 g/mol. The van der Waals surface area contributed by atoms with Crippen LogP contribution in [0.4, 0.5) is 15.5 Å². The van der Waals surface area contributed by atoms with E-state index < -0.39 is 11.6 Å². The number of amides is 4. The van der Waals surface area contributed by atoms with Crippen LogP contribution in [-0.2, 0) is 10.2 Å². The predicted molar refractivity (Wildman–Crippen MR) is 136 cm³/mol. The molecule has 2 heterocycles. The number of benzene rings is 1. The topological polar surface area (TPSA) is 111 Å². The third kappa shape index (κ3) is 5.21. The molecule has 34 heavy (non-hydrogen) atoms. The number of nitrogens with one attached hydrogen (secondary N) is 3. The summed E-state index contributed by atoms with van der Waals surface area (Å²) in [7, 11) is 0. The van der Waals surface area contributed by atoms with Crippen molar-refractivity contribution >= 4 is 51.5 Å². The van der Waals surface area contributed by atoms with E-state index in [2.05, 4.69) is 16.0 Å². The van der Waals surface area contributed by atoms with Gasteiger partial charge in [-0.25, -0.2) is 4.79 Å². The molecule has 0 aliphatic carbocycles. The van der Waals surface area contributed by atoms with Gasteiger partial charge in [0.25, 0.3) is 5.91 Å². The smallest absolute Gasteiger partial charge is 0.324 e. The van der Waals surface area contributed by atoms with Crippen LogP contribution in [0.2, 0.25) is 5.02 Å². The maximum Gasteiger partial charge on any atom is 0.324 e. The number of aliphatic hydroxyl groups is 1. The van der Waals surface area contributed by atoms with Crippen molar-refractivity contribution in [1.82, 2.24) is 10.2 Å². The lowest BCUT2D eigenvalue weighted by Gasteiger charge is -2.43. The van der Waals surface area contributed by atoms with Crippen molar-refractivity contribution in [2.75, 3.05) is 30.3 Å². The fourth-order valence-corrected chi connectivity index (χ4v) is 5.07. The third-order valence-electron chi connectivity index (χ3n) is 5.99. The maximum absolute atomic E-state index is 13.7. The number of thiophene rings is 1. The number of halogens is 1. The number of rotatable bonds is 5. The Morgan fingerprint density at radius 1 is 1.29 bits per heavy atom. The van der Waals surface area contributed by atoms with Gasteiger partial charge in [0.1, 0.15) is 10.5 Å². The minimum Gasteiger partial charge on any atom is -0.396 e. The fourth-order valence-electron chi connectivity index (χ4n) is 3.79. The first-order valence-corrected chi connectivity index (χ1v) is 12.3. The SMILES string of the molecule is Cc1c(Cl)cccc1NC(=O)Nc1sc(C(C)(C)C)cc1C(=O)N1CCNC(=O)C1(C)CCO. The molecule has 1 atom stereocenters. The summed E-state index contributed by atoms with van der Waals surface area (Å²) in [4.78, 5) is 41.6. The van der Waals surface area contributed by atoms with Crippen molar-refractivity contribution < 1.29 is 19.5 Å². The number of piperazine rings is 1. The van der Waals surface area contributed by atoms with Crippen molar-refractivity contribution in [2.45, 2.75) is 52.0 Å². The highest BCUT2D eigenvalue weighted by molar-refractivity contribution is 7.16. The van der Waals surface area contributed by atoms with Crippen LogP contribution in [0.25, 0.3) is 0 Å². The summed E-state index contributed by atoms with van der Waals surface area (Å²) in [5.74, 6) is -0.678. The molecule has 1 aliphatic rings. The van der Waals surface area contributed by atoms with Gasteiger partial charge in [0.15, 0.2) is 0 Å². The highest BCUT2D eigenvalue weighted by Gasteiger charge is 2.45. The lowest BCUT2D eigenvalue weighted by molar-refractivity contribution is -0.135. The first-order valence-electron chi connectivity index (χ1n) is 11.1. The first-order chi connectivity index (χ1) is 15.9. The molecule has 184 valence electrons. The summed E-state index contributed by atoms with van der Waals surface area (Å²) in [5.41, 5.74) is 0.162. The zero-order valence-corrected chi connectivity index (χ0v) is 21.6. The number of urea groups is 1. The molecule has 0 radical (unpaired) electrons. The van der Waals surface area contributed by atoms with Crippen LogP contribution < -0.4 is 16.0 Å². The molecule has 4 N–H and O–H groups in total. The highest BCUT2D eigenvalue weighted by Crippen LogP contribution is 2.38. The van der Waals surface area contributed by atoms with Crippen molar-refractivity contribution in [1.29, 1.82) is 0 Å². The van der Waals surface area contributed by atoms with Gasteiger partial charge in [-0.15, -0.1) is 11.3 Å². The zero-order chi connectivity index (χ0) is 25.3. The lowest BCUT2D eigenvalue weighted by Crippen LogP contribution is -2.65. The summed E-state index contributed by atoms with van der Waals surface area (Å²) in [6, 6.07) is 6.50. The van der Waals surface area contributed by atoms with E-state index in [1.165, 1.54) is 16.2 Å². The Bertz CT molecular complexity index is 1110. The number of hydrogen-bond donors (Lipinski definition) is 4. The van der Waals surface area contributed by atoms with Gasteiger partial charge in [0.05, 0.1) is 5.56 Å². The number of carbonyl (C=O) groups excluding carboxylic acids is 3. The minimum atomic E-state index is -1.19. The Morgan fingerprint density at radius 2 is 2.00 bits per heavy atom. The van der Waals surface area contributed by atoms with Gasteiger partial charge in [-0.2, -0.15) is 0 Å². The van der Waals surface area contributed by atoms with Gasteiger partial charge in [0, 0.05) is 41.7 Å². The lowest BCUT2D eigenvalue weighted by atomic mass is 9.91. The molecule has 2 aromatic rings. The largest absolute Gasteiger partial charge is 0.396 e. The van der Waals surface area contributed by atoms with E-state index in [0.29, 0.717) is 34.4 Å². The molecular weight excluding hydrogens is 476 g/mol. The fraction of sp³-hybridized carbons (Fsp3) is 0.458. The minimum absolute atomic E-state index is 0.109. The molecule has 8 nitrogen and oxygen atoms in total. The van der Waals surface area contributed by atoms with E-state index >= 15 is 0 Å².